The largest absolute Gasteiger partial charge is 0.493 e. The zero-order valence-electron chi connectivity index (χ0n) is 25.2. The molecule has 5 aromatic rings. The van der Waals surface area contributed by atoms with E-state index in [-0.39, 0.29) is 5.41 Å². The van der Waals surface area contributed by atoms with Gasteiger partial charge >= 0.3 is 0 Å². The first-order chi connectivity index (χ1) is 21.3. The summed E-state index contributed by atoms with van der Waals surface area (Å²) in [5, 5.41) is 0.835. The lowest BCUT2D eigenvalue weighted by molar-refractivity contribution is -0.226. The molecule has 1 aliphatic heterocycles. The molecule has 0 unspecified atom stereocenters. The van der Waals surface area contributed by atoms with Crippen molar-refractivity contribution < 1.29 is 32.8 Å². The maximum Gasteiger partial charge on any atom is 0.203 e. The molecule has 0 N–H and O–H groups in total. The molecule has 2 heterocycles. The molecule has 0 atom stereocenters. The van der Waals surface area contributed by atoms with Gasteiger partial charge in [-0.15, -0.1) is 0 Å². The lowest BCUT2D eigenvalue weighted by Crippen LogP contribution is -2.33. The molecular weight excluding hydrogens is 624 g/mol. The van der Waals surface area contributed by atoms with E-state index in [0.29, 0.717) is 60.8 Å². The molecule has 0 saturated carbocycles. The Balaban J connectivity index is 1.40. The third-order valence-corrected chi connectivity index (χ3v) is 8.21. The number of furan rings is 1. The monoisotopic (exact) mass is 658 g/mol. The van der Waals surface area contributed by atoms with E-state index in [4.69, 9.17) is 32.8 Å². The Labute approximate surface area is 265 Å². The number of halogens is 1. The van der Waals surface area contributed by atoms with Gasteiger partial charge in [-0.2, -0.15) is 0 Å². The van der Waals surface area contributed by atoms with Crippen LogP contribution in [0.25, 0.3) is 22.3 Å². The van der Waals surface area contributed by atoms with Gasteiger partial charge in [0.2, 0.25) is 5.75 Å². The second kappa shape index (κ2) is 12.9. The Kier molecular flexibility index (Phi) is 8.84. The molecule has 0 amide bonds. The van der Waals surface area contributed by atoms with Crippen LogP contribution in [-0.4, -0.2) is 27.4 Å². The summed E-state index contributed by atoms with van der Waals surface area (Å²) >= 11 is 3.81. The number of methoxy groups -OCH3 is 2. The highest BCUT2D eigenvalue weighted by Gasteiger charge is 2.31. The van der Waals surface area contributed by atoms with Gasteiger partial charge in [-0.1, -0.05) is 74.5 Å². The van der Waals surface area contributed by atoms with Crippen molar-refractivity contribution >= 4 is 26.9 Å². The second-order valence-corrected chi connectivity index (χ2v) is 12.3. The van der Waals surface area contributed by atoms with E-state index in [1.54, 1.807) is 14.2 Å². The first-order valence-corrected chi connectivity index (χ1v) is 15.2. The van der Waals surface area contributed by atoms with Crippen LogP contribution < -0.4 is 18.9 Å². The topological polar surface area (TPSA) is 68.5 Å². The summed E-state index contributed by atoms with van der Waals surface area (Å²) in [4.78, 5) is 0. The van der Waals surface area contributed by atoms with E-state index in [1.807, 2.05) is 84.9 Å². The minimum absolute atomic E-state index is 0.0373. The molecule has 0 spiro atoms. The standard InChI is InChI=1S/C36H35BrO7/c1-36(2)21-42-35(43-22-36)26-15-27-31(37)32(44-33(27)28(18-26)38-3)25-16-29(39-4)34(41-20-24-13-9-6-10-14-24)30(17-25)40-19-23-11-7-5-8-12-23/h5-18,35H,19-22H2,1-4H3. The van der Waals surface area contributed by atoms with Crippen LogP contribution in [0.3, 0.4) is 0 Å². The minimum atomic E-state index is -0.495. The Hall–Kier alpha value is -3.98. The fourth-order valence-corrected chi connectivity index (χ4v) is 5.70. The van der Waals surface area contributed by atoms with Gasteiger partial charge in [-0.05, 0) is 51.3 Å². The van der Waals surface area contributed by atoms with Crippen LogP contribution in [0.4, 0.5) is 0 Å². The van der Waals surface area contributed by atoms with Crippen LogP contribution in [-0.2, 0) is 22.7 Å². The fraction of sp³-hybridized carbons (Fsp3) is 0.278. The van der Waals surface area contributed by atoms with Gasteiger partial charge in [-0.25, -0.2) is 0 Å². The number of hydrogen-bond acceptors (Lipinski definition) is 7. The maximum absolute atomic E-state index is 6.46. The minimum Gasteiger partial charge on any atom is -0.493 e. The highest BCUT2D eigenvalue weighted by atomic mass is 79.9. The van der Waals surface area contributed by atoms with E-state index >= 15 is 0 Å². The number of benzene rings is 4. The molecule has 1 aliphatic rings. The van der Waals surface area contributed by atoms with Crippen molar-refractivity contribution in [1.82, 2.24) is 0 Å². The lowest BCUT2D eigenvalue weighted by atomic mass is 9.95. The van der Waals surface area contributed by atoms with Crippen molar-refractivity contribution in [3.8, 4) is 34.3 Å². The highest BCUT2D eigenvalue weighted by molar-refractivity contribution is 9.10. The molecule has 228 valence electrons. The predicted molar refractivity (Wildman–Crippen MR) is 172 cm³/mol. The zero-order chi connectivity index (χ0) is 30.7. The van der Waals surface area contributed by atoms with Crippen molar-refractivity contribution in [3.05, 3.63) is 106 Å². The average molecular weight is 660 g/mol. The molecule has 1 saturated heterocycles. The van der Waals surface area contributed by atoms with Gasteiger partial charge in [0.25, 0.3) is 0 Å². The predicted octanol–water partition coefficient (Wildman–Crippen LogP) is 9.11. The van der Waals surface area contributed by atoms with Crippen LogP contribution in [0.1, 0.15) is 36.8 Å². The molecule has 1 aromatic heterocycles. The summed E-state index contributed by atoms with van der Waals surface area (Å²) in [5.41, 5.74) is 4.23. The molecule has 8 heteroatoms. The molecule has 0 radical (unpaired) electrons. The molecule has 0 bridgehead atoms. The second-order valence-electron chi connectivity index (χ2n) is 11.5. The van der Waals surface area contributed by atoms with Gasteiger partial charge in [-0.3, -0.25) is 0 Å². The Bertz CT molecular complexity index is 1720. The first-order valence-electron chi connectivity index (χ1n) is 14.4. The molecule has 1 fully saturated rings. The quantitative estimate of drug-likeness (QED) is 0.148. The van der Waals surface area contributed by atoms with Crippen LogP contribution in [0.15, 0.2) is 93.8 Å². The smallest absolute Gasteiger partial charge is 0.203 e. The van der Waals surface area contributed by atoms with Crippen molar-refractivity contribution in [2.45, 2.75) is 33.4 Å². The molecule has 6 rings (SSSR count). The third-order valence-electron chi connectivity index (χ3n) is 7.43. The summed E-state index contributed by atoms with van der Waals surface area (Å²) in [6, 6.07) is 27.7. The summed E-state index contributed by atoms with van der Waals surface area (Å²) < 4.78 is 43.6. The van der Waals surface area contributed by atoms with E-state index in [0.717, 1.165) is 32.1 Å². The van der Waals surface area contributed by atoms with Gasteiger partial charge in [0.05, 0.1) is 31.9 Å². The fourth-order valence-electron chi connectivity index (χ4n) is 5.09. The molecule has 0 aliphatic carbocycles. The van der Waals surface area contributed by atoms with Crippen molar-refractivity contribution in [3.63, 3.8) is 0 Å². The normalized spacial score (nSPS) is 14.8. The number of ether oxygens (including phenoxy) is 6. The maximum atomic E-state index is 6.46. The van der Waals surface area contributed by atoms with Crippen LogP contribution in [0.2, 0.25) is 0 Å². The summed E-state index contributed by atoms with van der Waals surface area (Å²) in [7, 11) is 3.24. The van der Waals surface area contributed by atoms with Gasteiger partial charge in [0.15, 0.2) is 29.1 Å². The van der Waals surface area contributed by atoms with Crippen molar-refractivity contribution in [1.29, 1.82) is 0 Å². The summed E-state index contributed by atoms with van der Waals surface area (Å²) in [6.45, 7) is 6.15. The molecular formula is C36H35BrO7. The van der Waals surface area contributed by atoms with Crippen molar-refractivity contribution in [2.75, 3.05) is 27.4 Å². The van der Waals surface area contributed by atoms with E-state index < -0.39 is 6.29 Å². The van der Waals surface area contributed by atoms with Crippen LogP contribution in [0.5, 0.6) is 23.0 Å². The van der Waals surface area contributed by atoms with Gasteiger partial charge in [0.1, 0.15) is 19.0 Å². The van der Waals surface area contributed by atoms with E-state index in [1.165, 1.54) is 0 Å². The number of rotatable bonds is 10. The first kappa shape index (κ1) is 30.1. The zero-order valence-corrected chi connectivity index (χ0v) is 26.8. The summed E-state index contributed by atoms with van der Waals surface area (Å²) in [5.74, 6) is 2.74. The van der Waals surface area contributed by atoms with Crippen LogP contribution >= 0.6 is 15.9 Å². The molecule has 7 nitrogen and oxygen atoms in total. The highest BCUT2D eigenvalue weighted by Crippen LogP contribution is 2.48. The number of fused-ring (bicyclic) bond motifs is 1. The third kappa shape index (κ3) is 6.43. The van der Waals surface area contributed by atoms with E-state index in [2.05, 4.69) is 29.8 Å². The Morgan fingerprint density at radius 1 is 0.750 bits per heavy atom. The van der Waals surface area contributed by atoms with Gasteiger partial charge in [0, 0.05) is 21.9 Å². The van der Waals surface area contributed by atoms with Crippen LogP contribution in [0, 0.1) is 5.41 Å². The average Bonchev–Trinajstić information content (AvgIpc) is 3.39. The van der Waals surface area contributed by atoms with Crippen molar-refractivity contribution in [2.24, 2.45) is 5.41 Å². The number of hydrogen-bond donors (Lipinski definition) is 0. The van der Waals surface area contributed by atoms with Gasteiger partial charge < -0.3 is 32.8 Å². The Morgan fingerprint density at radius 3 is 1.95 bits per heavy atom. The SMILES string of the molecule is COc1cc(-c2oc3c(OC)cc(C4OCC(C)(C)CO4)cc3c2Br)cc(OCc2ccccc2)c1OCc1ccccc1. The summed E-state index contributed by atoms with van der Waals surface area (Å²) in [6.07, 6.45) is -0.495. The van der Waals surface area contributed by atoms with E-state index in [9.17, 15) is 0 Å². The molecule has 44 heavy (non-hydrogen) atoms. The Morgan fingerprint density at radius 2 is 1.34 bits per heavy atom. The molecule has 4 aromatic carbocycles. The lowest BCUT2D eigenvalue weighted by Gasteiger charge is -2.34.